The Hall–Kier alpha value is -3.15. The zero-order chi connectivity index (χ0) is 24.0. The number of carbonyl (C=O) groups excluding carboxylic acids is 2. The molecule has 2 aromatic carbocycles. The van der Waals surface area contributed by atoms with Crippen LogP contribution < -0.4 is 0 Å². The first-order chi connectivity index (χ1) is 14.7. The lowest BCUT2D eigenvalue weighted by atomic mass is 9.78. The smallest absolute Gasteiger partial charge is 0.337 e. The number of rotatable bonds is 4. The quantitative estimate of drug-likeness (QED) is 0.531. The molecule has 0 amide bonds. The largest absolute Gasteiger partial charge is 0.507 e. The van der Waals surface area contributed by atoms with Crippen molar-refractivity contribution in [3.8, 4) is 5.75 Å². The lowest BCUT2D eigenvalue weighted by molar-refractivity contribution is 0.0600. The van der Waals surface area contributed by atoms with Crippen molar-refractivity contribution in [2.75, 3.05) is 13.7 Å². The van der Waals surface area contributed by atoms with Crippen molar-refractivity contribution in [2.24, 2.45) is 0 Å². The zero-order valence-corrected chi connectivity index (χ0v) is 19.9. The average molecular weight is 437 g/mol. The highest BCUT2D eigenvalue weighted by Crippen LogP contribution is 2.40. The third-order valence-corrected chi connectivity index (χ3v) is 5.85. The van der Waals surface area contributed by atoms with Gasteiger partial charge in [-0.15, -0.1) is 0 Å². The number of methoxy groups -OCH3 is 1. The Morgan fingerprint density at radius 2 is 1.56 bits per heavy atom. The fraction of sp³-hybridized carbons (Fsp3) is 0.423. The van der Waals surface area contributed by atoms with E-state index in [1.165, 1.54) is 7.11 Å². The van der Waals surface area contributed by atoms with Crippen molar-refractivity contribution >= 4 is 17.6 Å². The summed E-state index contributed by atoms with van der Waals surface area (Å²) in [5.74, 6) is -0.126. The Kier molecular flexibility index (Phi) is 5.94. The van der Waals surface area contributed by atoms with Crippen LogP contribution in [-0.4, -0.2) is 41.2 Å². The van der Waals surface area contributed by atoms with Gasteiger partial charge in [0, 0.05) is 28.8 Å². The van der Waals surface area contributed by atoms with Crippen LogP contribution >= 0.6 is 0 Å². The SMILES string of the molecule is COC(=O)c1ccc2c(c1)C(=N)N(CC(=O)c1cc(C(C)(C)C)c(O)c(C(C)(C)C)c1)C2. The lowest BCUT2D eigenvalue weighted by Crippen LogP contribution is -2.30. The molecule has 0 saturated carbocycles. The molecule has 1 heterocycles. The molecule has 0 aliphatic carbocycles. The molecule has 3 rings (SSSR count). The van der Waals surface area contributed by atoms with Crippen LogP contribution in [-0.2, 0) is 22.1 Å². The molecule has 2 aromatic rings. The third kappa shape index (κ3) is 4.40. The van der Waals surface area contributed by atoms with Gasteiger partial charge in [0.1, 0.15) is 11.6 Å². The highest BCUT2D eigenvalue weighted by molar-refractivity contribution is 6.06. The van der Waals surface area contributed by atoms with E-state index in [4.69, 9.17) is 10.1 Å². The number of hydrogen-bond donors (Lipinski definition) is 2. The topological polar surface area (TPSA) is 90.7 Å². The van der Waals surface area contributed by atoms with Crippen LogP contribution in [0, 0.1) is 5.41 Å². The molecule has 0 fully saturated rings. The van der Waals surface area contributed by atoms with Crippen LogP contribution in [0.4, 0.5) is 0 Å². The summed E-state index contributed by atoms with van der Waals surface area (Å²) in [6.07, 6.45) is 0. The van der Waals surface area contributed by atoms with Gasteiger partial charge in [0.25, 0.3) is 0 Å². The van der Waals surface area contributed by atoms with Crippen molar-refractivity contribution < 1.29 is 19.4 Å². The molecule has 0 unspecified atom stereocenters. The lowest BCUT2D eigenvalue weighted by Gasteiger charge is -2.28. The summed E-state index contributed by atoms with van der Waals surface area (Å²) in [5.41, 5.74) is 3.24. The standard InChI is InChI=1S/C26H32N2O4/c1-25(2,3)19-11-17(12-20(22(19)30)26(4,5)6)21(29)14-28-13-16-9-8-15(24(31)32-7)10-18(16)23(28)27/h8-12,27,30H,13-14H2,1-7H3. The first kappa shape index (κ1) is 23.5. The minimum atomic E-state index is -0.455. The van der Waals surface area contributed by atoms with E-state index >= 15 is 0 Å². The van der Waals surface area contributed by atoms with E-state index in [9.17, 15) is 14.7 Å². The summed E-state index contributed by atoms with van der Waals surface area (Å²) in [6.45, 7) is 12.5. The summed E-state index contributed by atoms with van der Waals surface area (Å²) >= 11 is 0. The van der Waals surface area contributed by atoms with Gasteiger partial charge in [0.05, 0.1) is 19.2 Å². The van der Waals surface area contributed by atoms with Gasteiger partial charge >= 0.3 is 5.97 Å². The molecular formula is C26H32N2O4. The molecule has 0 atom stereocenters. The minimum absolute atomic E-state index is 0.0407. The summed E-state index contributed by atoms with van der Waals surface area (Å²) in [6, 6.07) is 8.67. The second-order valence-electron chi connectivity index (χ2n) is 10.4. The number of fused-ring (bicyclic) bond motifs is 1. The molecule has 2 N–H and O–H groups in total. The van der Waals surface area contributed by atoms with E-state index in [0.29, 0.717) is 23.2 Å². The molecule has 0 saturated heterocycles. The van der Waals surface area contributed by atoms with Crippen molar-refractivity contribution in [2.45, 2.75) is 58.9 Å². The first-order valence-corrected chi connectivity index (χ1v) is 10.7. The van der Waals surface area contributed by atoms with Gasteiger partial charge in [-0.1, -0.05) is 47.6 Å². The van der Waals surface area contributed by atoms with Gasteiger partial charge in [0.2, 0.25) is 0 Å². The molecule has 1 aliphatic heterocycles. The van der Waals surface area contributed by atoms with Gasteiger partial charge in [0.15, 0.2) is 5.78 Å². The molecular weight excluding hydrogens is 404 g/mol. The Morgan fingerprint density at radius 1 is 1.00 bits per heavy atom. The highest BCUT2D eigenvalue weighted by Gasteiger charge is 2.30. The van der Waals surface area contributed by atoms with E-state index in [2.05, 4.69) is 0 Å². The maximum Gasteiger partial charge on any atom is 0.337 e. The molecule has 6 heteroatoms. The average Bonchev–Trinajstić information content (AvgIpc) is 3.00. The molecule has 0 aromatic heterocycles. The van der Waals surface area contributed by atoms with E-state index < -0.39 is 5.97 Å². The first-order valence-electron chi connectivity index (χ1n) is 10.7. The van der Waals surface area contributed by atoms with E-state index in [0.717, 1.165) is 16.7 Å². The highest BCUT2D eigenvalue weighted by atomic mass is 16.5. The Balaban J connectivity index is 1.92. The number of nitrogens with zero attached hydrogens (tertiary/aromatic N) is 1. The Bertz CT molecular complexity index is 1070. The van der Waals surface area contributed by atoms with Crippen LogP contribution in [0.5, 0.6) is 5.75 Å². The summed E-state index contributed by atoms with van der Waals surface area (Å²) < 4.78 is 4.77. The number of ether oxygens (including phenoxy) is 1. The number of amidine groups is 1. The number of phenols is 1. The maximum atomic E-state index is 13.3. The van der Waals surface area contributed by atoms with Crippen LogP contribution in [0.25, 0.3) is 0 Å². The van der Waals surface area contributed by atoms with Crippen LogP contribution in [0.15, 0.2) is 30.3 Å². The minimum Gasteiger partial charge on any atom is -0.507 e. The molecule has 32 heavy (non-hydrogen) atoms. The van der Waals surface area contributed by atoms with Crippen LogP contribution in [0.3, 0.4) is 0 Å². The normalized spacial score (nSPS) is 13.8. The summed E-state index contributed by atoms with van der Waals surface area (Å²) in [7, 11) is 1.32. The number of nitrogens with one attached hydrogen (secondary N) is 1. The Morgan fingerprint density at radius 3 is 2.06 bits per heavy atom. The Labute approximate surface area is 189 Å². The van der Waals surface area contributed by atoms with Gasteiger partial charge < -0.3 is 14.7 Å². The van der Waals surface area contributed by atoms with E-state index in [1.54, 1.807) is 35.2 Å². The summed E-state index contributed by atoms with van der Waals surface area (Å²) in [5, 5.41) is 19.4. The fourth-order valence-corrected chi connectivity index (χ4v) is 3.97. The van der Waals surface area contributed by atoms with Crippen molar-refractivity contribution in [3.63, 3.8) is 0 Å². The van der Waals surface area contributed by atoms with Crippen molar-refractivity contribution in [3.05, 3.63) is 63.7 Å². The summed E-state index contributed by atoms with van der Waals surface area (Å²) in [4.78, 5) is 26.8. The second-order valence-corrected chi connectivity index (χ2v) is 10.4. The molecule has 0 spiro atoms. The predicted octanol–water partition coefficient (Wildman–Crippen LogP) is 4.80. The van der Waals surface area contributed by atoms with Crippen molar-refractivity contribution in [1.82, 2.24) is 4.90 Å². The van der Waals surface area contributed by atoms with Gasteiger partial charge in [-0.05, 0) is 40.7 Å². The van der Waals surface area contributed by atoms with Crippen LogP contribution in [0.2, 0.25) is 0 Å². The number of ketones is 1. The molecule has 0 bridgehead atoms. The van der Waals surface area contributed by atoms with E-state index in [-0.39, 0.29) is 34.7 Å². The van der Waals surface area contributed by atoms with Crippen molar-refractivity contribution in [1.29, 1.82) is 5.41 Å². The monoisotopic (exact) mass is 436 g/mol. The number of esters is 1. The molecule has 170 valence electrons. The number of carbonyl (C=O) groups is 2. The molecule has 1 aliphatic rings. The zero-order valence-electron chi connectivity index (χ0n) is 19.9. The number of hydrogen-bond acceptors (Lipinski definition) is 5. The number of aromatic hydroxyl groups is 1. The second kappa shape index (κ2) is 8.08. The molecule has 0 radical (unpaired) electrons. The van der Waals surface area contributed by atoms with E-state index in [1.807, 2.05) is 41.5 Å². The predicted molar refractivity (Wildman–Crippen MR) is 125 cm³/mol. The van der Waals surface area contributed by atoms with Gasteiger partial charge in [-0.3, -0.25) is 10.2 Å². The van der Waals surface area contributed by atoms with Gasteiger partial charge in [-0.25, -0.2) is 4.79 Å². The maximum absolute atomic E-state index is 13.3. The van der Waals surface area contributed by atoms with Crippen LogP contribution in [0.1, 0.15) is 84.5 Å². The van der Waals surface area contributed by atoms with Gasteiger partial charge in [-0.2, -0.15) is 0 Å². The third-order valence-electron chi connectivity index (χ3n) is 5.85. The molecule has 6 nitrogen and oxygen atoms in total. The number of phenolic OH excluding ortho intramolecular Hbond substituents is 1. The fourth-order valence-electron chi connectivity index (χ4n) is 3.97. The number of Topliss-reactive ketones (excluding diaryl/α,β-unsaturated/α-hetero) is 1. The number of benzene rings is 2.